The van der Waals surface area contributed by atoms with Crippen molar-refractivity contribution in [2.75, 3.05) is 12.3 Å². The number of hydrogen-bond acceptors (Lipinski definition) is 4. The van der Waals surface area contributed by atoms with Crippen LogP contribution in [0.4, 0.5) is 0 Å². The van der Waals surface area contributed by atoms with Crippen molar-refractivity contribution in [1.82, 2.24) is 10.0 Å². The van der Waals surface area contributed by atoms with Crippen LogP contribution in [0.1, 0.15) is 22.6 Å². The Morgan fingerprint density at radius 1 is 1.53 bits per heavy atom. The predicted molar refractivity (Wildman–Crippen MR) is 70.7 cm³/mol. The average Bonchev–Trinajstić information content (AvgIpc) is 2.86. The van der Waals surface area contributed by atoms with Crippen molar-refractivity contribution in [3.8, 4) is 0 Å². The highest BCUT2D eigenvalue weighted by Crippen LogP contribution is 2.15. The topological polar surface area (TPSA) is 58.2 Å². The predicted octanol–water partition coefficient (Wildman–Crippen LogP) is 1.23. The first-order valence-electron chi connectivity index (χ1n) is 5.81. The smallest absolute Gasteiger partial charge is 0.213 e. The molecule has 1 unspecified atom stereocenters. The zero-order valence-electron chi connectivity index (χ0n) is 9.90. The van der Waals surface area contributed by atoms with E-state index < -0.39 is 10.0 Å². The molecule has 17 heavy (non-hydrogen) atoms. The summed E-state index contributed by atoms with van der Waals surface area (Å²) in [4.78, 5) is 2.27. The van der Waals surface area contributed by atoms with Gasteiger partial charge in [-0.1, -0.05) is 0 Å². The Kier molecular flexibility index (Phi) is 4.19. The molecular weight excluding hydrogens is 256 g/mol. The minimum atomic E-state index is -3.16. The molecule has 2 rings (SSSR count). The van der Waals surface area contributed by atoms with Gasteiger partial charge < -0.3 is 5.32 Å². The maximum Gasteiger partial charge on any atom is 0.213 e. The fourth-order valence-corrected chi connectivity index (χ4v) is 4.21. The quantitative estimate of drug-likeness (QED) is 0.849. The van der Waals surface area contributed by atoms with Crippen molar-refractivity contribution in [2.45, 2.75) is 32.4 Å². The van der Waals surface area contributed by atoms with Gasteiger partial charge in [0.15, 0.2) is 0 Å². The number of rotatable bonds is 5. The highest BCUT2D eigenvalue weighted by Gasteiger charge is 2.21. The molecule has 1 aliphatic heterocycles. The second-order valence-electron chi connectivity index (χ2n) is 4.41. The molecule has 1 aromatic rings. The molecule has 1 aromatic heterocycles. The van der Waals surface area contributed by atoms with Crippen LogP contribution in [-0.2, 0) is 16.6 Å². The van der Waals surface area contributed by atoms with E-state index in [1.807, 2.05) is 19.1 Å². The van der Waals surface area contributed by atoms with Gasteiger partial charge in [0.05, 0.1) is 5.75 Å². The highest BCUT2D eigenvalue weighted by molar-refractivity contribution is 7.89. The van der Waals surface area contributed by atoms with Crippen molar-refractivity contribution in [1.29, 1.82) is 0 Å². The Morgan fingerprint density at radius 2 is 2.35 bits per heavy atom. The van der Waals surface area contributed by atoms with E-state index in [2.05, 4.69) is 10.0 Å². The normalized spacial score (nSPS) is 20.9. The van der Waals surface area contributed by atoms with E-state index in [-0.39, 0.29) is 11.8 Å². The monoisotopic (exact) mass is 274 g/mol. The summed E-state index contributed by atoms with van der Waals surface area (Å²) in [5, 5.41) is 3.20. The van der Waals surface area contributed by atoms with Gasteiger partial charge in [-0.15, -0.1) is 11.3 Å². The molecule has 1 atom stereocenters. The van der Waals surface area contributed by atoms with Crippen LogP contribution in [0, 0.1) is 6.92 Å². The Hall–Kier alpha value is -0.430. The van der Waals surface area contributed by atoms with Crippen LogP contribution in [0.3, 0.4) is 0 Å². The number of sulfonamides is 1. The summed E-state index contributed by atoms with van der Waals surface area (Å²) in [7, 11) is -3.16. The van der Waals surface area contributed by atoms with E-state index in [9.17, 15) is 8.42 Å². The van der Waals surface area contributed by atoms with Crippen LogP contribution in [0.15, 0.2) is 12.1 Å². The molecule has 1 saturated heterocycles. The summed E-state index contributed by atoms with van der Waals surface area (Å²) in [6.45, 7) is 3.36. The molecule has 96 valence electrons. The summed E-state index contributed by atoms with van der Waals surface area (Å²) >= 11 is 1.63. The zero-order chi connectivity index (χ0) is 12.3. The Labute approximate surface area is 106 Å². The molecule has 0 radical (unpaired) electrons. The number of thiophene rings is 1. The second-order valence-corrected chi connectivity index (χ2v) is 7.63. The minimum Gasteiger partial charge on any atom is -0.313 e. The third-order valence-corrected chi connectivity index (χ3v) is 5.27. The fraction of sp³-hybridized carbons (Fsp3) is 0.636. The lowest BCUT2D eigenvalue weighted by Gasteiger charge is -2.11. The van der Waals surface area contributed by atoms with Crippen molar-refractivity contribution < 1.29 is 8.42 Å². The molecule has 0 aliphatic carbocycles. The lowest BCUT2D eigenvalue weighted by Crippen LogP contribution is -2.36. The first-order valence-corrected chi connectivity index (χ1v) is 8.28. The maximum atomic E-state index is 11.8. The lowest BCUT2D eigenvalue weighted by molar-refractivity contribution is 0.564. The van der Waals surface area contributed by atoms with Gasteiger partial charge in [0.25, 0.3) is 0 Å². The molecule has 4 nitrogen and oxygen atoms in total. The third kappa shape index (κ3) is 4.06. The van der Waals surface area contributed by atoms with Gasteiger partial charge in [-0.25, -0.2) is 13.1 Å². The Bertz CT molecular complexity index is 462. The lowest BCUT2D eigenvalue weighted by atomic mass is 10.3. The van der Waals surface area contributed by atoms with Gasteiger partial charge in [0.1, 0.15) is 0 Å². The first kappa shape index (κ1) is 13.0. The van der Waals surface area contributed by atoms with Crippen LogP contribution < -0.4 is 10.0 Å². The molecular formula is C11H18N2O2S2. The first-order chi connectivity index (χ1) is 8.05. The van der Waals surface area contributed by atoms with E-state index in [1.165, 1.54) is 4.88 Å². The van der Waals surface area contributed by atoms with E-state index >= 15 is 0 Å². The molecule has 0 bridgehead atoms. The Balaban J connectivity index is 1.84. The van der Waals surface area contributed by atoms with Crippen LogP contribution in [0.5, 0.6) is 0 Å². The Morgan fingerprint density at radius 3 is 2.94 bits per heavy atom. The van der Waals surface area contributed by atoms with E-state index in [0.717, 1.165) is 24.3 Å². The van der Waals surface area contributed by atoms with Crippen molar-refractivity contribution in [3.05, 3.63) is 21.9 Å². The van der Waals surface area contributed by atoms with Crippen molar-refractivity contribution in [3.63, 3.8) is 0 Å². The summed E-state index contributed by atoms with van der Waals surface area (Å²) in [5.41, 5.74) is 0. The summed E-state index contributed by atoms with van der Waals surface area (Å²) in [5.74, 6) is 0.192. The average molecular weight is 274 g/mol. The summed E-state index contributed by atoms with van der Waals surface area (Å²) < 4.78 is 26.3. The SMILES string of the molecule is Cc1ccc(CNS(=O)(=O)CC2CCCN2)s1. The van der Waals surface area contributed by atoms with Gasteiger partial charge in [-0.05, 0) is 38.4 Å². The second kappa shape index (κ2) is 5.48. The van der Waals surface area contributed by atoms with Crippen LogP contribution >= 0.6 is 11.3 Å². The molecule has 0 spiro atoms. The molecule has 1 fully saturated rings. The van der Waals surface area contributed by atoms with Gasteiger partial charge >= 0.3 is 0 Å². The summed E-state index contributed by atoms with van der Waals surface area (Å²) in [6.07, 6.45) is 2.03. The van der Waals surface area contributed by atoms with Crippen molar-refractivity contribution in [2.24, 2.45) is 0 Å². The molecule has 2 heterocycles. The van der Waals surface area contributed by atoms with Gasteiger partial charge in [0.2, 0.25) is 10.0 Å². The van der Waals surface area contributed by atoms with E-state index in [1.54, 1.807) is 11.3 Å². The zero-order valence-corrected chi connectivity index (χ0v) is 11.5. The molecule has 0 amide bonds. The molecule has 0 aromatic carbocycles. The number of nitrogens with one attached hydrogen (secondary N) is 2. The third-order valence-electron chi connectivity index (χ3n) is 2.85. The van der Waals surface area contributed by atoms with Crippen LogP contribution in [0.25, 0.3) is 0 Å². The molecule has 0 saturated carbocycles. The fourth-order valence-electron chi connectivity index (χ4n) is 1.98. The van der Waals surface area contributed by atoms with Gasteiger partial charge in [-0.2, -0.15) is 0 Å². The van der Waals surface area contributed by atoms with Crippen molar-refractivity contribution >= 4 is 21.4 Å². The van der Waals surface area contributed by atoms with Gasteiger partial charge in [0, 0.05) is 22.3 Å². The van der Waals surface area contributed by atoms with E-state index in [0.29, 0.717) is 6.54 Å². The maximum absolute atomic E-state index is 11.8. The summed E-state index contributed by atoms with van der Waals surface area (Å²) in [6, 6.07) is 4.10. The van der Waals surface area contributed by atoms with Crippen LogP contribution in [0.2, 0.25) is 0 Å². The standard InChI is InChI=1S/C11H18N2O2S2/c1-9-4-5-11(16-9)7-13-17(14,15)8-10-3-2-6-12-10/h4-5,10,12-13H,2-3,6-8H2,1H3. The number of aryl methyl sites for hydroxylation is 1. The van der Waals surface area contributed by atoms with Crippen LogP contribution in [-0.4, -0.2) is 26.8 Å². The minimum absolute atomic E-state index is 0.123. The number of hydrogen-bond donors (Lipinski definition) is 2. The molecule has 6 heteroatoms. The largest absolute Gasteiger partial charge is 0.313 e. The van der Waals surface area contributed by atoms with Gasteiger partial charge in [-0.3, -0.25) is 0 Å². The highest BCUT2D eigenvalue weighted by atomic mass is 32.2. The molecule has 1 aliphatic rings. The van der Waals surface area contributed by atoms with E-state index in [4.69, 9.17) is 0 Å². The molecule has 2 N–H and O–H groups in total.